The Bertz CT molecular complexity index is 700. The van der Waals surface area contributed by atoms with Crippen molar-refractivity contribution in [2.75, 3.05) is 25.5 Å². The maximum atomic E-state index is 12.1. The van der Waals surface area contributed by atoms with Gasteiger partial charge in [0.1, 0.15) is 0 Å². The van der Waals surface area contributed by atoms with Crippen molar-refractivity contribution in [3.63, 3.8) is 0 Å². The molecule has 1 amide bonds. The van der Waals surface area contributed by atoms with Gasteiger partial charge in [-0.3, -0.25) is 9.69 Å². The summed E-state index contributed by atoms with van der Waals surface area (Å²) in [6.45, 7) is 3.12. The lowest BCUT2D eigenvalue weighted by atomic mass is 10.1. The van der Waals surface area contributed by atoms with Crippen molar-refractivity contribution < 1.29 is 9.53 Å². The first-order valence-electron chi connectivity index (χ1n) is 8.45. The molecule has 1 aromatic carbocycles. The van der Waals surface area contributed by atoms with Crippen LogP contribution in [0.5, 0.6) is 0 Å². The molecule has 0 fully saturated rings. The van der Waals surface area contributed by atoms with Gasteiger partial charge in [-0.25, -0.2) is 4.98 Å². The van der Waals surface area contributed by atoms with Crippen LogP contribution in [0.2, 0.25) is 0 Å². The summed E-state index contributed by atoms with van der Waals surface area (Å²) < 4.78 is 5.15. The zero-order valence-corrected chi connectivity index (χ0v) is 15.2. The van der Waals surface area contributed by atoms with E-state index in [-0.39, 0.29) is 18.4 Å². The molecule has 6 nitrogen and oxygen atoms in total. The molecule has 0 saturated heterocycles. The Hall–Kier alpha value is -1.80. The molecule has 1 aromatic heterocycles. The number of carbonyl (C=O) groups excluding carboxylic acids is 1. The summed E-state index contributed by atoms with van der Waals surface area (Å²) in [6, 6.07) is 10.5. The highest BCUT2D eigenvalue weighted by atomic mass is 32.1. The van der Waals surface area contributed by atoms with Crippen molar-refractivity contribution in [3.8, 4) is 0 Å². The monoisotopic (exact) mass is 360 g/mol. The Morgan fingerprint density at radius 3 is 2.96 bits per heavy atom. The molecule has 3 N–H and O–H groups in total. The van der Waals surface area contributed by atoms with Crippen molar-refractivity contribution in [1.82, 2.24) is 9.88 Å². The Balaban J connectivity index is 1.58. The summed E-state index contributed by atoms with van der Waals surface area (Å²) in [5.41, 5.74) is 7.98. The summed E-state index contributed by atoms with van der Waals surface area (Å²) in [7, 11) is 1.56. The molecule has 1 unspecified atom stereocenters. The number of ether oxygens (including phenoxy) is 1. The van der Waals surface area contributed by atoms with E-state index >= 15 is 0 Å². The standard InChI is InChI=1S/C18H24N4O2S/c1-24-14(10-19)9-17(23)21-18-20-15-7-8-22(12-16(15)25-18)11-13-5-3-2-4-6-13/h2-6,14H,7-12,19H2,1H3,(H,20,21,23). The van der Waals surface area contributed by atoms with Gasteiger partial charge in [-0.05, 0) is 5.56 Å². The van der Waals surface area contributed by atoms with Crippen molar-refractivity contribution in [2.24, 2.45) is 5.73 Å². The lowest BCUT2D eigenvalue weighted by Gasteiger charge is -2.25. The van der Waals surface area contributed by atoms with Crippen LogP contribution < -0.4 is 11.1 Å². The van der Waals surface area contributed by atoms with Gasteiger partial charge in [0.05, 0.1) is 18.2 Å². The second-order valence-corrected chi connectivity index (χ2v) is 7.26. The lowest BCUT2D eigenvalue weighted by molar-refractivity contribution is -0.118. The van der Waals surface area contributed by atoms with Crippen LogP contribution in [0.4, 0.5) is 5.13 Å². The van der Waals surface area contributed by atoms with E-state index in [1.54, 1.807) is 18.4 Å². The van der Waals surface area contributed by atoms with Crippen LogP contribution in [0.1, 0.15) is 22.6 Å². The first-order chi connectivity index (χ1) is 12.2. The molecule has 25 heavy (non-hydrogen) atoms. The van der Waals surface area contributed by atoms with Crippen LogP contribution in [-0.2, 0) is 29.0 Å². The fourth-order valence-electron chi connectivity index (χ4n) is 2.92. The Labute approximate surface area is 152 Å². The van der Waals surface area contributed by atoms with Crippen molar-refractivity contribution in [1.29, 1.82) is 0 Å². The number of fused-ring (bicyclic) bond motifs is 1. The van der Waals surface area contributed by atoms with Gasteiger partial charge >= 0.3 is 0 Å². The van der Waals surface area contributed by atoms with E-state index in [9.17, 15) is 4.79 Å². The van der Waals surface area contributed by atoms with Crippen molar-refractivity contribution in [2.45, 2.75) is 32.0 Å². The third-order valence-electron chi connectivity index (χ3n) is 4.31. The van der Waals surface area contributed by atoms with Crippen LogP contribution in [0.3, 0.4) is 0 Å². The van der Waals surface area contributed by atoms with E-state index in [0.717, 1.165) is 31.7 Å². The Morgan fingerprint density at radius 1 is 1.44 bits per heavy atom. The van der Waals surface area contributed by atoms with Crippen LogP contribution in [0.15, 0.2) is 30.3 Å². The highest BCUT2D eigenvalue weighted by molar-refractivity contribution is 7.15. The minimum atomic E-state index is -0.254. The molecule has 2 aromatic rings. The summed E-state index contributed by atoms with van der Waals surface area (Å²) in [5, 5.41) is 3.55. The first kappa shape index (κ1) is 18.0. The van der Waals surface area contributed by atoms with Gasteiger partial charge in [-0.1, -0.05) is 30.3 Å². The Morgan fingerprint density at radius 2 is 2.24 bits per heavy atom. The number of nitrogens with one attached hydrogen (secondary N) is 1. The topological polar surface area (TPSA) is 80.5 Å². The van der Waals surface area contributed by atoms with Gasteiger partial charge < -0.3 is 15.8 Å². The van der Waals surface area contributed by atoms with E-state index in [1.165, 1.54) is 10.4 Å². The number of nitrogens with two attached hydrogens (primary N) is 1. The molecule has 0 aliphatic carbocycles. The number of anilines is 1. The normalized spacial score (nSPS) is 15.6. The average Bonchev–Trinajstić information content (AvgIpc) is 3.02. The number of methoxy groups -OCH3 is 1. The predicted octanol–water partition coefficient (Wildman–Crippen LogP) is 2.00. The lowest BCUT2D eigenvalue weighted by Crippen LogP contribution is -2.29. The molecule has 7 heteroatoms. The molecule has 0 bridgehead atoms. The zero-order valence-electron chi connectivity index (χ0n) is 14.4. The van der Waals surface area contributed by atoms with Gasteiger partial charge in [0.2, 0.25) is 5.91 Å². The summed E-state index contributed by atoms with van der Waals surface area (Å²) >= 11 is 1.56. The minimum Gasteiger partial charge on any atom is -0.380 e. The van der Waals surface area contributed by atoms with Gasteiger partial charge in [0.15, 0.2) is 5.13 Å². The van der Waals surface area contributed by atoms with Crippen LogP contribution in [0.25, 0.3) is 0 Å². The van der Waals surface area contributed by atoms with E-state index in [4.69, 9.17) is 10.5 Å². The first-order valence-corrected chi connectivity index (χ1v) is 9.27. The van der Waals surface area contributed by atoms with Gasteiger partial charge in [0, 0.05) is 44.6 Å². The number of thiazole rings is 1. The molecule has 134 valence electrons. The zero-order chi connectivity index (χ0) is 17.6. The van der Waals surface area contributed by atoms with E-state index in [1.807, 2.05) is 6.07 Å². The molecule has 3 rings (SSSR count). The highest BCUT2D eigenvalue weighted by Crippen LogP contribution is 2.29. The summed E-state index contributed by atoms with van der Waals surface area (Å²) in [4.78, 5) is 20.3. The minimum absolute atomic E-state index is 0.107. The van der Waals surface area contributed by atoms with Crippen LogP contribution in [-0.4, -0.2) is 42.1 Å². The number of hydrogen-bond acceptors (Lipinski definition) is 6. The molecule has 0 radical (unpaired) electrons. The average molecular weight is 360 g/mol. The molecular weight excluding hydrogens is 336 g/mol. The fraction of sp³-hybridized carbons (Fsp3) is 0.444. The third kappa shape index (κ3) is 4.85. The smallest absolute Gasteiger partial charge is 0.228 e. The number of rotatable bonds is 7. The molecule has 1 atom stereocenters. The number of hydrogen-bond donors (Lipinski definition) is 2. The van der Waals surface area contributed by atoms with E-state index in [0.29, 0.717) is 11.7 Å². The molecule has 1 aliphatic heterocycles. The van der Waals surface area contributed by atoms with E-state index < -0.39 is 0 Å². The third-order valence-corrected chi connectivity index (χ3v) is 5.31. The van der Waals surface area contributed by atoms with Gasteiger partial charge in [-0.15, -0.1) is 11.3 Å². The Kier molecular flexibility index (Phi) is 6.14. The van der Waals surface area contributed by atoms with Gasteiger partial charge in [0.25, 0.3) is 0 Å². The van der Waals surface area contributed by atoms with E-state index in [2.05, 4.69) is 39.5 Å². The molecule has 0 spiro atoms. The highest BCUT2D eigenvalue weighted by Gasteiger charge is 2.22. The van der Waals surface area contributed by atoms with Crippen LogP contribution >= 0.6 is 11.3 Å². The summed E-state index contributed by atoms with van der Waals surface area (Å²) in [6.07, 6.45) is 0.908. The second-order valence-electron chi connectivity index (χ2n) is 6.18. The van der Waals surface area contributed by atoms with Crippen LogP contribution in [0, 0.1) is 0 Å². The summed E-state index contributed by atoms with van der Waals surface area (Å²) in [5.74, 6) is -0.107. The largest absolute Gasteiger partial charge is 0.380 e. The second kappa shape index (κ2) is 8.53. The number of amides is 1. The van der Waals surface area contributed by atoms with Gasteiger partial charge in [-0.2, -0.15) is 0 Å². The SMILES string of the molecule is COC(CN)CC(=O)Nc1nc2c(s1)CN(Cc1ccccc1)CC2. The molecule has 2 heterocycles. The maximum absolute atomic E-state index is 12.1. The number of aromatic nitrogens is 1. The number of carbonyl (C=O) groups is 1. The van der Waals surface area contributed by atoms with Crippen molar-refractivity contribution in [3.05, 3.63) is 46.5 Å². The molecular formula is C18H24N4O2S. The number of nitrogens with zero attached hydrogens (tertiary/aromatic N) is 2. The maximum Gasteiger partial charge on any atom is 0.228 e. The molecule has 1 aliphatic rings. The number of benzene rings is 1. The molecule has 0 saturated carbocycles. The fourth-order valence-corrected chi connectivity index (χ4v) is 3.99. The predicted molar refractivity (Wildman–Crippen MR) is 99.5 cm³/mol. The van der Waals surface area contributed by atoms with Crippen molar-refractivity contribution >= 4 is 22.4 Å². The quantitative estimate of drug-likeness (QED) is 0.789.